The summed E-state index contributed by atoms with van der Waals surface area (Å²) in [4.78, 5) is 10.0. The van der Waals surface area contributed by atoms with E-state index in [-0.39, 0.29) is 11.6 Å². The molecule has 0 heterocycles. The van der Waals surface area contributed by atoms with Crippen LogP contribution in [0.15, 0.2) is 52.3 Å². The van der Waals surface area contributed by atoms with Crippen LogP contribution in [-0.4, -0.2) is 37.6 Å². The van der Waals surface area contributed by atoms with E-state index < -0.39 is 47.7 Å². The fourth-order valence-corrected chi connectivity index (χ4v) is 3.32. The molecule has 2 N–H and O–H groups in total. The quantitative estimate of drug-likeness (QED) is 0.463. The Hall–Kier alpha value is -1.95. The van der Waals surface area contributed by atoms with Crippen LogP contribution < -0.4 is 0 Å². The van der Waals surface area contributed by atoms with E-state index in [1.54, 1.807) is 0 Å². The maximum absolute atomic E-state index is 13.5. The van der Waals surface area contributed by atoms with Crippen molar-refractivity contribution in [1.82, 2.24) is 0 Å². The van der Waals surface area contributed by atoms with Gasteiger partial charge in [0.25, 0.3) is 20.2 Å². The molecule has 0 aliphatic heterocycles. The smallest absolute Gasteiger partial charge is 0.293 e. The molecule has 1 aromatic rings. The zero-order chi connectivity index (χ0) is 18.3. The van der Waals surface area contributed by atoms with E-state index in [1.165, 1.54) is 6.07 Å². The Morgan fingerprint density at radius 2 is 1.71 bits per heavy atom. The molecule has 0 bridgehead atoms. The summed E-state index contributed by atoms with van der Waals surface area (Å²) in [5, 5.41) is 0. The average Bonchev–Trinajstić information content (AvgIpc) is 2.44. The largest absolute Gasteiger partial charge is 0.304 e. The van der Waals surface area contributed by atoms with Crippen LogP contribution in [-0.2, 0) is 20.2 Å². The Balaban J connectivity index is 2.47. The molecule has 130 valence electrons. The lowest BCUT2D eigenvalue weighted by atomic mass is 9.93. The zero-order valence-corrected chi connectivity index (χ0v) is 13.3. The molecule has 11 heteroatoms. The highest BCUT2D eigenvalue weighted by Gasteiger charge is 2.43. The highest BCUT2D eigenvalue weighted by molar-refractivity contribution is 7.89. The lowest BCUT2D eigenvalue weighted by molar-refractivity contribution is 0.0921. The van der Waals surface area contributed by atoms with Crippen molar-refractivity contribution in [2.45, 2.75) is 10.8 Å². The molecule has 0 saturated carbocycles. The van der Waals surface area contributed by atoms with E-state index in [0.717, 1.165) is 24.3 Å². The highest BCUT2D eigenvalue weighted by atomic mass is 32.2. The molecule has 0 radical (unpaired) electrons. The molecule has 1 atom stereocenters. The fourth-order valence-electron chi connectivity index (χ4n) is 2.06. The second-order valence-electron chi connectivity index (χ2n) is 4.88. The van der Waals surface area contributed by atoms with Crippen molar-refractivity contribution in [1.29, 1.82) is 0 Å². The maximum Gasteiger partial charge on any atom is 0.304 e. The molecular formula is C13H10F2O7S2. The molecule has 0 amide bonds. The first-order valence-electron chi connectivity index (χ1n) is 6.21. The van der Waals surface area contributed by atoms with Crippen molar-refractivity contribution in [3.8, 4) is 0 Å². The van der Waals surface area contributed by atoms with Crippen molar-refractivity contribution in [3.63, 3.8) is 0 Å². The minimum atomic E-state index is -5.24. The van der Waals surface area contributed by atoms with Crippen molar-refractivity contribution in [2.75, 3.05) is 0 Å². The summed E-state index contributed by atoms with van der Waals surface area (Å²) in [5.41, 5.74) is -0.254. The van der Waals surface area contributed by atoms with Crippen LogP contribution in [0.5, 0.6) is 0 Å². The van der Waals surface area contributed by atoms with Crippen LogP contribution in [0, 0.1) is 5.92 Å². The van der Waals surface area contributed by atoms with Gasteiger partial charge in [0.1, 0.15) is 4.91 Å². The van der Waals surface area contributed by atoms with Crippen LogP contribution in [0.2, 0.25) is 0 Å². The third-order valence-electron chi connectivity index (χ3n) is 3.17. The maximum atomic E-state index is 13.5. The molecule has 24 heavy (non-hydrogen) atoms. The van der Waals surface area contributed by atoms with Crippen LogP contribution in [0.4, 0.5) is 8.78 Å². The van der Waals surface area contributed by atoms with E-state index in [1.807, 2.05) is 0 Å². The number of carbonyl (C=O) groups is 1. The standard InChI is InChI=1S/C13H10F2O7S2/c14-13(15)5-4-9(7-11(13)24(20,21)22)12(16)8-2-1-3-10(6-8)23(17,18)19/h1-7,9H,(H,17,18,19)(H,20,21,22). The Morgan fingerprint density at radius 1 is 1.08 bits per heavy atom. The predicted molar refractivity (Wildman–Crippen MR) is 77.8 cm³/mol. The van der Waals surface area contributed by atoms with Gasteiger partial charge in [0, 0.05) is 5.56 Å². The summed E-state index contributed by atoms with van der Waals surface area (Å²) in [6, 6.07) is 4.14. The summed E-state index contributed by atoms with van der Waals surface area (Å²) in [5.74, 6) is -6.33. The van der Waals surface area contributed by atoms with Crippen LogP contribution in [0.1, 0.15) is 10.4 Å². The van der Waals surface area contributed by atoms with E-state index in [9.17, 15) is 30.4 Å². The van der Waals surface area contributed by atoms with Gasteiger partial charge in [-0.15, -0.1) is 0 Å². The van der Waals surface area contributed by atoms with Gasteiger partial charge < -0.3 is 0 Å². The molecule has 1 unspecified atom stereocenters. The third-order valence-corrected chi connectivity index (χ3v) is 4.98. The van der Waals surface area contributed by atoms with Gasteiger partial charge >= 0.3 is 5.92 Å². The summed E-state index contributed by atoms with van der Waals surface area (Å²) in [6.45, 7) is 0. The molecule has 0 fully saturated rings. The van der Waals surface area contributed by atoms with Crippen molar-refractivity contribution in [3.05, 3.63) is 53.0 Å². The van der Waals surface area contributed by atoms with Gasteiger partial charge in [0.2, 0.25) is 0 Å². The Bertz CT molecular complexity index is 960. The lowest BCUT2D eigenvalue weighted by Crippen LogP contribution is -2.28. The number of ketones is 1. The number of benzene rings is 1. The first-order chi connectivity index (χ1) is 10.8. The van der Waals surface area contributed by atoms with E-state index in [4.69, 9.17) is 9.11 Å². The van der Waals surface area contributed by atoms with E-state index in [2.05, 4.69) is 0 Å². The van der Waals surface area contributed by atoms with Crippen LogP contribution in [0.3, 0.4) is 0 Å². The Kier molecular flexibility index (Phi) is 4.48. The number of Topliss-reactive ketones (excluding diaryl/α,β-unsaturated/α-hetero) is 1. The molecule has 0 spiro atoms. The van der Waals surface area contributed by atoms with Crippen molar-refractivity contribution < 1.29 is 39.5 Å². The fraction of sp³-hybridized carbons (Fsp3) is 0.154. The first-order valence-corrected chi connectivity index (χ1v) is 9.09. The number of carbonyl (C=O) groups excluding carboxylic acids is 1. The summed E-state index contributed by atoms with van der Waals surface area (Å²) in [6.07, 6.45) is 1.28. The molecule has 2 rings (SSSR count). The van der Waals surface area contributed by atoms with Gasteiger partial charge in [0.05, 0.1) is 10.8 Å². The molecule has 1 aromatic carbocycles. The van der Waals surface area contributed by atoms with Crippen LogP contribution in [0.25, 0.3) is 0 Å². The topological polar surface area (TPSA) is 126 Å². The van der Waals surface area contributed by atoms with Gasteiger partial charge in [0.15, 0.2) is 5.78 Å². The van der Waals surface area contributed by atoms with Gasteiger partial charge in [-0.25, -0.2) is 0 Å². The Morgan fingerprint density at radius 3 is 2.25 bits per heavy atom. The molecule has 1 aliphatic carbocycles. The predicted octanol–water partition coefficient (Wildman–Crippen LogP) is 1.71. The van der Waals surface area contributed by atoms with Crippen LogP contribution >= 0.6 is 0 Å². The molecule has 0 saturated heterocycles. The molecular weight excluding hydrogens is 370 g/mol. The second kappa shape index (κ2) is 5.84. The van der Waals surface area contributed by atoms with Crippen molar-refractivity contribution in [2.24, 2.45) is 5.92 Å². The number of hydrogen-bond donors (Lipinski definition) is 2. The van der Waals surface area contributed by atoms with Crippen molar-refractivity contribution >= 4 is 26.0 Å². The highest BCUT2D eigenvalue weighted by Crippen LogP contribution is 2.35. The monoisotopic (exact) mass is 380 g/mol. The van der Waals surface area contributed by atoms with Gasteiger partial charge in [-0.1, -0.05) is 18.2 Å². The van der Waals surface area contributed by atoms with E-state index in [0.29, 0.717) is 6.08 Å². The minimum Gasteiger partial charge on any atom is -0.293 e. The molecule has 7 nitrogen and oxygen atoms in total. The summed E-state index contributed by atoms with van der Waals surface area (Å²) >= 11 is 0. The first kappa shape index (κ1) is 18.4. The van der Waals surface area contributed by atoms with Gasteiger partial charge in [-0.2, -0.15) is 25.6 Å². The minimum absolute atomic E-state index is 0.158. The average molecular weight is 380 g/mol. The van der Waals surface area contributed by atoms with Gasteiger partial charge in [-0.3, -0.25) is 13.9 Å². The number of rotatable bonds is 4. The lowest BCUT2D eigenvalue weighted by Gasteiger charge is -2.21. The normalized spacial score (nSPS) is 20.5. The van der Waals surface area contributed by atoms with Gasteiger partial charge in [-0.05, 0) is 24.3 Å². The number of allylic oxidation sites excluding steroid dienone is 4. The number of halogens is 2. The molecule has 0 aromatic heterocycles. The van der Waals surface area contributed by atoms with E-state index >= 15 is 0 Å². The third kappa shape index (κ3) is 3.75. The summed E-state index contributed by atoms with van der Waals surface area (Å²) in [7, 11) is -9.83. The zero-order valence-electron chi connectivity index (χ0n) is 11.6. The second-order valence-corrected chi connectivity index (χ2v) is 7.69. The number of hydrogen-bond acceptors (Lipinski definition) is 5. The molecule has 1 aliphatic rings. The summed E-state index contributed by atoms with van der Waals surface area (Å²) < 4.78 is 89.0. The Labute approximate surface area is 135 Å². The number of alkyl halides is 2. The SMILES string of the molecule is O=C(c1cccc(S(=O)(=O)O)c1)C1C=CC(F)(F)C(S(=O)(=O)O)=C1.